The molecule has 4 atom stereocenters. The Kier molecular flexibility index (Phi) is 9.64. The smallest absolute Gasteiger partial charge is 0.264 e. The molecule has 1 heterocycles. The van der Waals surface area contributed by atoms with Crippen LogP contribution in [0.5, 0.6) is 0 Å². The summed E-state index contributed by atoms with van der Waals surface area (Å²) in [5, 5.41) is 1.23. The molecule has 1 saturated heterocycles. The summed E-state index contributed by atoms with van der Waals surface area (Å²) in [5.74, 6) is -0.267. The van der Waals surface area contributed by atoms with Crippen molar-refractivity contribution in [2.75, 3.05) is 19.4 Å². The van der Waals surface area contributed by atoms with Gasteiger partial charge in [0.1, 0.15) is 0 Å². The Balaban J connectivity index is 2.77. The standard InChI is InChI=1S/C18H35NO7S/c1-14(24-17-9-7-8-12-23-17)16(15(2)25-27(6,21)22)10-11-19(13-20)26-18(3,4)5/h13-17H,7-12H2,1-6H3. The molecule has 9 heteroatoms. The molecule has 0 radical (unpaired) electrons. The van der Waals surface area contributed by atoms with E-state index in [-0.39, 0.29) is 18.3 Å². The quantitative estimate of drug-likeness (QED) is 0.294. The third-order valence-electron chi connectivity index (χ3n) is 4.23. The molecule has 1 aliphatic rings. The fourth-order valence-corrected chi connectivity index (χ4v) is 3.80. The molecule has 0 aliphatic carbocycles. The maximum Gasteiger partial charge on any atom is 0.264 e. The topological polar surface area (TPSA) is 91.4 Å². The van der Waals surface area contributed by atoms with E-state index in [9.17, 15) is 13.2 Å². The average Bonchev–Trinajstić information content (AvgIpc) is 2.52. The van der Waals surface area contributed by atoms with Crippen molar-refractivity contribution in [3.63, 3.8) is 0 Å². The highest BCUT2D eigenvalue weighted by molar-refractivity contribution is 7.86. The van der Waals surface area contributed by atoms with Gasteiger partial charge in [-0.25, -0.2) is 5.06 Å². The minimum absolute atomic E-state index is 0.267. The molecular weight excluding hydrogens is 374 g/mol. The Morgan fingerprint density at radius 1 is 1.22 bits per heavy atom. The van der Waals surface area contributed by atoms with Crippen molar-refractivity contribution in [2.45, 2.75) is 84.4 Å². The molecule has 0 N–H and O–H groups in total. The molecule has 1 aliphatic heterocycles. The largest absolute Gasteiger partial charge is 0.353 e. The van der Waals surface area contributed by atoms with E-state index < -0.39 is 21.8 Å². The van der Waals surface area contributed by atoms with Crippen LogP contribution >= 0.6 is 0 Å². The number of hydroxylamine groups is 2. The van der Waals surface area contributed by atoms with Gasteiger partial charge >= 0.3 is 0 Å². The van der Waals surface area contributed by atoms with E-state index >= 15 is 0 Å². The third-order valence-corrected chi connectivity index (χ3v) is 4.88. The van der Waals surface area contributed by atoms with Crippen molar-refractivity contribution in [1.29, 1.82) is 0 Å². The number of hydrogen-bond donors (Lipinski definition) is 0. The van der Waals surface area contributed by atoms with Crippen LogP contribution in [0.4, 0.5) is 0 Å². The van der Waals surface area contributed by atoms with Gasteiger partial charge in [-0.3, -0.25) is 13.8 Å². The molecule has 1 rings (SSSR count). The lowest BCUT2D eigenvalue weighted by atomic mass is 9.94. The van der Waals surface area contributed by atoms with Crippen LogP contribution in [0, 0.1) is 5.92 Å². The van der Waals surface area contributed by atoms with E-state index in [1.54, 1.807) is 6.92 Å². The van der Waals surface area contributed by atoms with Crippen LogP contribution in [0.1, 0.15) is 60.3 Å². The van der Waals surface area contributed by atoms with E-state index in [0.717, 1.165) is 25.5 Å². The lowest BCUT2D eigenvalue weighted by Crippen LogP contribution is -2.40. The molecule has 0 bridgehead atoms. The van der Waals surface area contributed by atoms with Crippen LogP contribution in [-0.4, -0.2) is 63.4 Å². The van der Waals surface area contributed by atoms with Crippen LogP contribution in [-0.2, 0) is 33.4 Å². The molecule has 8 nitrogen and oxygen atoms in total. The fraction of sp³-hybridized carbons (Fsp3) is 0.944. The first-order valence-corrected chi connectivity index (χ1v) is 11.3. The van der Waals surface area contributed by atoms with E-state index in [4.69, 9.17) is 18.5 Å². The Labute approximate surface area is 163 Å². The zero-order chi connectivity index (χ0) is 20.7. The normalized spacial score (nSPS) is 22.1. The van der Waals surface area contributed by atoms with Crippen molar-refractivity contribution in [3.8, 4) is 0 Å². The number of amides is 1. The first-order chi connectivity index (χ1) is 12.4. The Bertz CT molecular complexity index is 540. The highest BCUT2D eigenvalue weighted by Gasteiger charge is 2.31. The molecule has 0 aromatic heterocycles. The van der Waals surface area contributed by atoms with Crippen molar-refractivity contribution in [3.05, 3.63) is 0 Å². The molecule has 1 fully saturated rings. The average molecular weight is 410 g/mol. The van der Waals surface area contributed by atoms with Crippen LogP contribution in [0.3, 0.4) is 0 Å². The molecule has 0 aromatic carbocycles. The van der Waals surface area contributed by atoms with Crippen molar-refractivity contribution in [1.82, 2.24) is 5.06 Å². The van der Waals surface area contributed by atoms with Crippen LogP contribution in [0.15, 0.2) is 0 Å². The second-order valence-electron chi connectivity index (χ2n) is 8.05. The van der Waals surface area contributed by atoms with Gasteiger partial charge < -0.3 is 9.47 Å². The monoisotopic (exact) mass is 409 g/mol. The molecule has 4 unspecified atom stereocenters. The molecule has 1 amide bonds. The van der Waals surface area contributed by atoms with Gasteiger partial charge in [-0.1, -0.05) is 0 Å². The molecule has 160 valence electrons. The van der Waals surface area contributed by atoms with Gasteiger partial charge in [-0.2, -0.15) is 8.42 Å². The predicted molar refractivity (Wildman–Crippen MR) is 101 cm³/mol. The zero-order valence-electron chi connectivity index (χ0n) is 17.3. The number of carbonyl (C=O) groups excluding carboxylic acids is 1. The van der Waals surface area contributed by atoms with Gasteiger partial charge in [0.25, 0.3) is 10.1 Å². The summed E-state index contributed by atoms with van der Waals surface area (Å²) in [6, 6.07) is 0. The number of hydrogen-bond acceptors (Lipinski definition) is 7. The first kappa shape index (κ1) is 24.3. The van der Waals surface area contributed by atoms with Crippen LogP contribution < -0.4 is 0 Å². The second-order valence-corrected chi connectivity index (χ2v) is 9.65. The first-order valence-electron chi connectivity index (χ1n) is 9.47. The van der Waals surface area contributed by atoms with Crippen LogP contribution in [0.2, 0.25) is 0 Å². The molecule has 0 aromatic rings. The molecular formula is C18H35NO7S. The summed E-state index contributed by atoms with van der Waals surface area (Å²) in [4.78, 5) is 16.9. The number of rotatable bonds is 11. The van der Waals surface area contributed by atoms with E-state index in [2.05, 4.69) is 0 Å². The summed E-state index contributed by atoms with van der Waals surface area (Å²) in [5.41, 5.74) is -0.511. The summed E-state index contributed by atoms with van der Waals surface area (Å²) >= 11 is 0. The third kappa shape index (κ3) is 10.4. The summed E-state index contributed by atoms with van der Waals surface area (Å²) in [7, 11) is -3.61. The molecule has 0 spiro atoms. The molecule has 27 heavy (non-hydrogen) atoms. The highest BCUT2D eigenvalue weighted by atomic mass is 32.2. The fourth-order valence-electron chi connectivity index (χ4n) is 3.10. The SMILES string of the molecule is CC(OC1CCCCO1)C(CCN(C=O)OC(C)(C)C)C(C)OS(C)(=O)=O. The van der Waals surface area contributed by atoms with Crippen molar-refractivity contribution in [2.24, 2.45) is 5.92 Å². The lowest BCUT2D eigenvalue weighted by molar-refractivity contribution is -0.222. The Morgan fingerprint density at radius 3 is 2.37 bits per heavy atom. The van der Waals surface area contributed by atoms with Gasteiger partial charge in [-0.05, 0) is 60.3 Å². The summed E-state index contributed by atoms with van der Waals surface area (Å²) < 4.78 is 39.9. The van der Waals surface area contributed by atoms with E-state index in [0.29, 0.717) is 26.0 Å². The van der Waals surface area contributed by atoms with Crippen LogP contribution in [0.25, 0.3) is 0 Å². The second kappa shape index (κ2) is 10.7. The number of nitrogens with zero attached hydrogens (tertiary/aromatic N) is 1. The Morgan fingerprint density at radius 2 is 1.89 bits per heavy atom. The maximum atomic E-state index is 11.6. The van der Waals surface area contributed by atoms with E-state index in [1.165, 1.54) is 5.06 Å². The van der Waals surface area contributed by atoms with Gasteiger partial charge in [0.2, 0.25) is 6.41 Å². The minimum atomic E-state index is -3.61. The van der Waals surface area contributed by atoms with E-state index in [1.807, 2.05) is 27.7 Å². The zero-order valence-corrected chi connectivity index (χ0v) is 18.2. The lowest BCUT2D eigenvalue weighted by Gasteiger charge is -2.34. The van der Waals surface area contributed by atoms with Crippen molar-refractivity contribution >= 4 is 16.5 Å². The van der Waals surface area contributed by atoms with Gasteiger partial charge in [0.15, 0.2) is 6.29 Å². The maximum absolute atomic E-state index is 11.6. The summed E-state index contributed by atoms with van der Waals surface area (Å²) in [6.45, 7) is 10.1. The van der Waals surface area contributed by atoms with Gasteiger partial charge in [0, 0.05) is 19.1 Å². The predicted octanol–water partition coefficient (Wildman–Crippen LogP) is 2.48. The Hall–Kier alpha value is -0.740. The number of ether oxygens (including phenoxy) is 2. The highest BCUT2D eigenvalue weighted by Crippen LogP contribution is 2.25. The molecule has 0 saturated carbocycles. The van der Waals surface area contributed by atoms with Gasteiger partial charge in [-0.15, -0.1) is 0 Å². The number of carbonyl (C=O) groups is 1. The summed E-state index contributed by atoms with van der Waals surface area (Å²) in [6.07, 6.45) is 3.76. The van der Waals surface area contributed by atoms with Gasteiger partial charge in [0.05, 0.1) is 24.1 Å². The minimum Gasteiger partial charge on any atom is -0.353 e. The van der Waals surface area contributed by atoms with Crippen molar-refractivity contribution < 1.29 is 31.7 Å².